The number of methoxy groups -OCH3 is 1. The molecule has 0 aliphatic carbocycles. The van der Waals surface area contributed by atoms with Crippen LogP contribution in [0, 0.1) is 13.8 Å². The van der Waals surface area contributed by atoms with E-state index in [2.05, 4.69) is 39.9 Å². The first-order valence-electron chi connectivity index (χ1n) is 9.70. The number of carbonyl (C=O) groups excluding carboxylic acids is 1. The molecule has 2 rings (SSSR count). The number of nitrogens with one attached hydrogen (secondary N) is 3. The van der Waals surface area contributed by atoms with Crippen molar-refractivity contribution in [3.8, 4) is 5.75 Å². The van der Waals surface area contributed by atoms with Gasteiger partial charge in [-0.15, -0.1) is 0 Å². The molecule has 1 aromatic heterocycles. The number of nitrogens with zero attached hydrogens (tertiary/aromatic N) is 3. The van der Waals surface area contributed by atoms with Crippen molar-refractivity contribution in [2.24, 2.45) is 12.0 Å². The fraction of sp³-hybridized carbons (Fsp3) is 0.476. The molecule has 8 heteroatoms. The van der Waals surface area contributed by atoms with Gasteiger partial charge in [-0.3, -0.25) is 14.5 Å². The maximum absolute atomic E-state index is 12.1. The first-order chi connectivity index (χ1) is 13.8. The summed E-state index contributed by atoms with van der Waals surface area (Å²) in [7, 11) is 5.27. The van der Waals surface area contributed by atoms with Gasteiger partial charge in [-0.1, -0.05) is 12.1 Å². The molecule has 8 nitrogen and oxygen atoms in total. The molecule has 1 atom stereocenters. The van der Waals surface area contributed by atoms with Crippen molar-refractivity contribution in [3.63, 3.8) is 0 Å². The predicted octanol–water partition coefficient (Wildman–Crippen LogP) is 1.46. The monoisotopic (exact) mass is 400 g/mol. The van der Waals surface area contributed by atoms with Crippen LogP contribution in [-0.2, 0) is 24.8 Å². The van der Waals surface area contributed by atoms with E-state index < -0.39 is 0 Å². The lowest BCUT2D eigenvalue weighted by Gasteiger charge is -2.18. The van der Waals surface area contributed by atoms with Crippen molar-refractivity contribution < 1.29 is 9.53 Å². The van der Waals surface area contributed by atoms with Gasteiger partial charge in [0.25, 0.3) is 0 Å². The van der Waals surface area contributed by atoms with Gasteiger partial charge in [-0.2, -0.15) is 5.10 Å². The molecule has 0 radical (unpaired) electrons. The third kappa shape index (κ3) is 6.51. The second-order valence-electron chi connectivity index (χ2n) is 7.07. The van der Waals surface area contributed by atoms with Crippen LogP contribution in [0.25, 0.3) is 0 Å². The van der Waals surface area contributed by atoms with Crippen LogP contribution in [0.3, 0.4) is 0 Å². The minimum absolute atomic E-state index is 0.102. The van der Waals surface area contributed by atoms with E-state index >= 15 is 0 Å². The normalized spacial score (nSPS) is 12.4. The van der Waals surface area contributed by atoms with Crippen molar-refractivity contribution in [3.05, 3.63) is 46.8 Å². The molecular weight excluding hydrogens is 368 g/mol. The van der Waals surface area contributed by atoms with Gasteiger partial charge in [0.15, 0.2) is 5.96 Å². The van der Waals surface area contributed by atoms with Gasteiger partial charge in [-0.25, -0.2) is 0 Å². The quantitative estimate of drug-likeness (QED) is 0.461. The van der Waals surface area contributed by atoms with E-state index in [-0.39, 0.29) is 18.5 Å². The van der Waals surface area contributed by atoms with Crippen LogP contribution in [0.15, 0.2) is 29.3 Å². The van der Waals surface area contributed by atoms with Crippen LogP contribution in [0.1, 0.15) is 29.4 Å². The zero-order chi connectivity index (χ0) is 21.4. The van der Waals surface area contributed by atoms with Crippen LogP contribution in [0.4, 0.5) is 0 Å². The summed E-state index contributed by atoms with van der Waals surface area (Å²) in [5, 5.41) is 13.7. The van der Waals surface area contributed by atoms with Crippen molar-refractivity contribution in [2.75, 3.05) is 20.7 Å². The minimum atomic E-state index is -0.102. The summed E-state index contributed by atoms with van der Waals surface area (Å²) in [6.07, 6.45) is 0.829. The maximum Gasteiger partial charge on any atom is 0.239 e. The molecule has 0 spiro atoms. The van der Waals surface area contributed by atoms with E-state index in [0.717, 1.165) is 29.1 Å². The summed E-state index contributed by atoms with van der Waals surface area (Å²) in [5.41, 5.74) is 4.45. The molecule has 0 fully saturated rings. The molecule has 0 bridgehead atoms. The summed E-state index contributed by atoms with van der Waals surface area (Å²) in [6.45, 7) is 6.79. The fourth-order valence-corrected chi connectivity index (χ4v) is 3.07. The van der Waals surface area contributed by atoms with Crippen molar-refractivity contribution >= 4 is 11.9 Å². The number of aryl methyl sites for hydroxylation is 2. The molecule has 0 saturated heterocycles. The predicted molar refractivity (Wildman–Crippen MR) is 115 cm³/mol. The largest absolute Gasteiger partial charge is 0.497 e. The van der Waals surface area contributed by atoms with Crippen LogP contribution in [0.2, 0.25) is 0 Å². The van der Waals surface area contributed by atoms with Gasteiger partial charge in [0.05, 0.1) is 19.3 Å². The van der Waals surface area contributed by atoms with Gasteiger partial charge in [0.2, 0.25) is 5.91 Å². The van der Waals surface area contributed by atoms with Gasteiger partial charge in [0.1, 0.15) is 5.75 Å². The fourth-order valence-electron chi connectivity index (χ4n) is 3.07. The number of aromatic nitrogens is 2. The van der Waals surface area contributed by atoms with Crippen LogP contribution in [-0.4, -0.2) is 48.4 Å². The summed E-state index contributed by atoms with van der Waals surface area (Å²) in [4.78, 5) is 16.3. The SMILES string of the molecule is CN=C(NCC(=O)NCc1ccc(OC)cc1)NC(C)Cc1c(C)nn(C)c1C. The van der Waals surface area contributed by atoms with Crippen molar-refractivity contribution in [2.45, 2.75) is 39.8 Å². The number of carbonyl (C=O) groups is 1. The highest BCUT2D eigenvalue weighted by atomic mass is 16.5. The number of amides is 1. The molecule has 1 unspecified atom stereocenters. The van der Waals surface area contributed by atoms with E-state index in [1.165, 1.54) is 5.56 Å². The Labute approximate surface area is 172 Å². The Balaban J connectivity index is 1.77. The molecule has 1 aromatic carbocycles. The van der Waals surface area contributed by atoms with Crippen LogP contribution in [0.5, 0.6) is 5.75 Å². The van der Waals surface area contributed by atoms with E-state index in [4.69, 9.17) is 4.74 Å². The summed E-state index contributed by atoms with van der Waals surface area (Å²) in [6, 6.07) is 7.75. The molecule has 29 heavy (non-hydrogen) atoms. The number of ether oxygens (including phenoxy) is 1. The topological polar surface area (TPSA) is 92.6 Å². The molecule has 0 saturated carbocycles. The lowest BCUT2D eigenvalue weighted by Crippen LogP contribution is -2.46. The molecule has 1 heterocycles. The minimum Gasteiger partial charge on any atom is -0.497 e. The maximum atomic E-state index is 12.1. The van der Waals surface area contributed by atoms with Crippen molar-refractivity contribution in [1.82, 2.24) is 25.7 Å². The highest BCUT2D eigenvalue weighted by Gasteiger charge is 2.14. The Kier molecular flexibility index (Phi) is 8.06. The lowest BCUT2D eigenvalue weighted by atomic mass is 10.1. The molecule has 0 aliphatic heterocycles. The molecule has 2 aromatic rings. The number of guanidine groups is 1. The van der Waals surface area contributed by atoms with E-state index in [0.29, 0.717) is 12.5 Å². The van der Waals surface area contributed by atoms with E-state index in [9.17, 15) is 4.79 Å². The zero-order valence-electron chi connectivity index (χ0n) is 18.2. The number of hydrogen-bond acceptors (Lipinski definition) is 4. The van der Waals surface area contributed by atoms with E-state index in [1.807, 2.05) is 42.9 Å². The molecule has 158 valence electrons. The van der Waals surface area contributed by atoms with Gasteiger partial charge in [0, 0.05) is 32.4 Å². The Morgan fingerprint density at radius 2 is 1.93 bits per heavy atom. The van der Waals surface area contributed by atoms with Gasteiger partial charge < -0.3 is 20.7 Å². The van der Waals surface area contributed by atoms with Gasteiger partial charge >= 0.3 is 0 Å². The lowest BCUT2D eigenvalue weighted by molar-refractivity contribution is -0.120. The van der Waals surface area contributed by atoms with Crippen molar-refractivity contribution in [1.29, 1.82) is 0 Å². The van der Waals surface area contributed by atoms with E-state index in [1.54, 1.807) is 14.2 Å². The summed E-state index contributed by atoms with van der Waals surface area (Å²) in [5.74, 6) is 1.29. The Morgan fingerprint density at radius 3 is 2.48 bits per heavy atom. The number of rotatable bonds is 8. The molecular formula is C21H32N6O2. The number of hydrogen-bond donors (Lipinski definition) is 3. The summed E-state index contributed by atoms with van der Waals surface area (Å²) < 4.78 is 7.03. The average Bonchev–Trinajstić information content (AvgIpc) is 2.95. The summed E-state index contributed by atoms with van der Waals surface area (Å²) >= 11 is 0. The number of aliphatic imine (C=N–C) groups is 1. The molecule has 0 aliphatic rings. The van der Waals surface area contributed by atoms with Crippen LogP contribution >= 0.6 is 0 Å². The molecule has 3 N–H and O–H groups in total. The standard InChI is InChI=1S/C21H32N6O2/c1-14(11-19-15(2)26-27(5)16(19)3)25-21(22-4)24-13-20(28)23-12-17-7-9-18(29-6)10-8-17/h7-10,14H,11-13H2,1-6H3,(H,23,28)(H2,22,24,25). The Bertz CT molecular complexity index is 842. The first kappa shape index (κ1) is 22.3. The van der Waals surface area contributed by atoms with Gasteiger partial charge in [-0.05, 0) is 50.5 Å². The first-order valence-corrected chi connectivity index (χ1v) is 9.70. The Morgan fingerprint density at radius 1 is 1.24 bits per heavy atom. The second kappa shape index (κ2) is 10.5. The third-order valence-corrected chi connectivity index (χ3v) is 4.84. The highest BCUT2D eigenvalue weighted by molar-refractivity contribution is 5.86. The van der Waals surface area contributed by atoms with Crippen LogP contribution < -0.4 is 20.7 Å². The highest BCUT2D eigenvalue weighted by Crippen LogP contribution is 2.14. The molecule has 1 amide bonds. The number of benzene rings is 1. The average molecular weight is 401 g/mol. The smallest absolute Gasteiger partial charge is 0.239 e. The third-order valence-electron chi connectivity index (χ3n) is 4.84. The zero-order valence-corrected chi connectivity index (χ0v) is 18.2. The second-order valence-corrected chi connectivity index (χ2v) is 7.07. The Hall–Kier alpha value is -3.03.